The highest BCUT2D eigenvalue weighted by Gasteiger charge is 1.96. The predicted octanol–water partition coefficient (Wildman–Crippen LogP) is 2.83. The van der Waals surface area contributed by atoms with Gasteiger partial charge in [-0.1, -0.05) is 30.4 Å². The lowest BCUT2D eigenvalue weighted by Crippen LogP contribution is -2.09. The van der Waals surface area contributed by atoms with Crippen molar-refractivity contribution in [1.29, 1.82) is 0 Å². The zero-order chi connectivity index (χ0) is 13.2. The molecule has 18 heavy (non-hydrogen) atoms. The number of hydrogen-bond acceptors (Lipinski definition) is 2. The number of carbonyl (C=O) groups excluding carboxylic acids is 1. The van der Waals surface area contributed by atoms with Crippen LogP contribution in [0.1, 0.15) is 19.4 Å². The van der Waals surface area contributed by atoms with Crippen LogP contribution in [0, 0.1) is 0 Å². The molecule has 0 heterocycles. The van der Waals surface area contributed by atoms with E-state index in [1.54, 1.807) is 0 Å². The molecule has 0 unspecified atom stereocenters. The van der Waals surface area contributed by atoms with Crippen molar-refractivity contribution < 1.29 is 9.53 Å². The van der Waals surface area contributed by atoms with Gasteiger partial charge in [0.05, 0.1) is 0 Å². The van der Waals surface area contributed by atoms with E-state index in [2.05, 4.69) is 5.32 Å². The summed E-state index contributed by atoms with van der Waals surface area (Å²) in [5.41, 5.74) is 2.19. The van der Waals surface area contributed by atoms with Gasteiger partial charge >= 0.3 is 0 Å². The Morgan fingerprint density at radius 3 is 2.56 bits per heavy atom. The minimum atomic E-state index is 0.544. The summed E-state index contributed by atoms with van der Waals surface area (Å²) in [5.74, 6) is 0.828. The predicted molar refractivity (Wildman–Crippen MR) is 73.4 cm³/mol. The molecule has 0 radical (unpaired) electrons. The standard InChI is InChI=1S/C15H19NO2/c1-3-5-13(4-2)11-18-15-8-6-14(7-9-15)10-16-12-17/h3-9,12H,10-11H2,1-2H3,(H,16,17)/b5-3-,13-4+. The van der Waals surface area contributed by atoms with E-state index >= 15 is 0 Å². The maximum absolute atomic E-state index is 10.2. The molecule has 3 nitrogen and oxygen atoms in total. The number of carbonyl (C=O) groups is 1. The summed E-state index contributed by atoms with van der Waals surface area (Å²) in [6.07, 6.45) is 6.75. The molecule has 0 aliphatic rings. The molecule has 0 fully saturated rings. The van der Waals surface area contributed by atoms with Crippen LogP contribution in [0.3, 0.4) is 0 Å². The molecule has 0 aliphatic carbocycles. The summed E-state index contributed by atoms with van der Waals surface area (Å²) in [5, 5.41) is 2.62. The van der Waals surface area contributed by atoms with Gasteiger partial charge in [0.15, 0.2) is 0 Å². The van der Waals surface area contributed by atoms with E-state index < -0.39 is 0 Å². The summed E-state index contributed by atoms with van der Waals surface area (Å²) >= 11 is 0. The second-order valence-corrected chi connectivity index (χ2v) is 3.79. The number of allylic oxidation sites excluding steroid dienone is 2. The Bertz CT molecular complexity index is 419. The van der Waals surface area contributed by atoms with Crippen LogP contribution in [-0.4, -0.2) is 13.0 Å². The SMILES string of the molecule is C/C=C\C(=C/C)COc1ccc(CNC=O)cc1. The van der Waals surface area contributed by atoms with Crippen molar-refractivity contribution in [2.75, 3.05) is 6.61 Å². The summed E-state index contributed by atoms with van der Waals surface area (Å²) in [4.78, 5) is 10.2. The maximum atomic E-state index is 10.2. The van der Waals surface area contributed by atoms with Crippen LogP contribution < -0.4 is 10.1 Å². The molecule has 3 heteroatoms. The van der Waals surface area contributed by atoms with Gasteiger partial charge in [-0.05, 0) is 37.1 Å². The van der Waals surface area contributed by atoms with Crippen LogP contribution in [0.25, 0.3) is 0 Å². The topological polar surface area (TPSA) is 38.3 Å². The van der Waals surface area contributed by atoms with Crippen molar-refractivity contribution in [3.63, 3.8) is 0 Å². The van der Waals surface area contributed by atoms with E-state index in [-0.39, 0.29) is 0 Å². The largest absolute Gasteiger partial charge is 0.489 e. The molecule has 0 aromatic heterocycles. The van der Waals surface area contributed by atoms with E-state index in [0.717, 1.165) is 16.9 Å². The van der Waals surface area contributed by atoms with Gasteiger partial charge in [-0.3, -0.25) is 4.79 Å². The van der Waals surface area contributed by atoms with Crippen molar-refractivity contribution >= 4 is 6.41 Å². The number of rotatable bonds is 7. The minimum Gasteiger partial charge on any atom is -0.489 e. The van der Waals surface area contributed by atoms with Crippen LogP contribution in [0.15, 0.2) is 48.1 Å². The van der Waals surface area contributed by atoms with E-state index in [1.807, 2.05) is 56.3 Å². The summed E-state index contributed by atoms with van der Waals surface area (Å²) < 4.78 is 5.66. The van der Waals surface area contributed by atoms with Crippen molar-refractivity contribution in [3.05, 3.63) is 53.6 Å². The Balaban J connectivity index is 2.50. The van der Waals surface area contributed by atoms with Crippen molar-refractivity contribution in [1.82, 2.24) is 5.32 Å². The van der Waals surface area contributed by atoms with Crippen LogP contribution in [0.4, 0.5) is 0 Å². The molecule has 1 amide bonds. The van der Waals surface area contributed by atoms with Gasteiger partial charge in [-0.25, -0.2) is 0 Å². The van der Waals surface area contributed by atoms with Crippen LogP contribution in [0.5, 0.6) is 5.75 Å². The molecule has 0 saturated carbocycles. The fourth-order valence-electron chi connectivity index (χ4n) is 1.47. The molecular formula is C15H19NO2. The lowest BCUT2D eigenvalue weighted by molar-refractivity contribution is -0.109. The molecule has 0 spiro atoms. The van der Waals surface area contributed by atoms with Crippen LogP contribution in [-0.2, 0) is 11.3 Å². The number of nitrogens with one attached hydrogen (secondary N) is 1. The molecule has 1 aromatic rings. The van der Waals surface area contributed by atoms with E-state index in [9.17, 15) is 4.79 Å². The molecule has 0 aliphatic heterocycles. The van der Waals surface area contributed by atoms with Crippen molar-refractivity contribution in [2.45, 2.75) is 20.4 Å². The number of ether oxygens (including phenoxy) is 1. The van der Waals surface area contributed by atoms with E-state index in [4.69, 9.17) is 4.74 Å². The van der Waals surface area contributed by atoms with Crippen LogP contribution in [0.2, 0.25) is 0 Å². The lowest BCUT2D eigenvalue weighted by Gasteiger charge is -2.07. The molecular weight excluding hydrogens is 226 g/mol. The first-order valence-electron chi connectivity index (χ1n) is 5.96. The van der Waals surface area contributed by atoms with Gasteiger partial charge < -0.3 is 10.1 Å². The van der Waals surface area contributed by atoms with Gasteiger partial charge in [0, 0.05) is 6.54 Å². The first-order valence-corrected chi connectivity index (χ1v) is 5.96. The molecule has 1 N–H and O–H groups in total. The molecule has 1 rings (SSSR count). The minimum absolute atomic E-state index is 0.544. The van der Waals surface area contributed by atoms with Gasteiger partial charge in [-0.2, -0.15) is 0 Å². The average Bonchev–Trinajstić information content (AvgIpc) is 2.42. The normalized spacial score (nSPS) is 11.6. The molecule has 0 saturated heterocycles. The Kier molecular flexibility index (Phi) is 6.33. The lowest BCUT2D eigenvalue weighted by atomic mass is 10.2. The average molecular weight is 245 g/mol. The number of benzene rings is 1. The Labute approximate surface area is 108 Å². The Morgan fingerprint density at radius 2 is 2.00 bits per heavy atom. The summed E-state index contributed by atoms with van der Waals surface area (Å²) in [7, 11) is 0. The molecule has 96 valence electrons. The van der Waals surface area contributed by atoms with Gasteiger partial charge in [0.1, 0.15) is 12.4 Å². The highest BCUT2D eigenvalue weighted by molar-refractivity contribution is 5.46. The molecule has 0 bridgehead atoms. The third kappa shape index (κ3) is 4.87. The maximum Gasteiger partial charge on any atom is 0.207 e. The number of hydrogen-bond donors (Lipinski definition) is 1. The Morgan fingerprint density at radius 1 is 1.28 bits per heavy atom. The van der Waals surface area contributed by atoms with E-state index in [0.29, 0.717) is 19.6 Å². The summed E-state index contributed by atoms with van der Waals surface area (Å²) in [6, 6.07) is 7.70. The Hall–Kier alpha value is -2.03. The quantitative estimate of drug-likeness (QED) is 0.592. The fourth-order valence-corrected chi connectivity index (χ4v) is 1.47. The fraction of sp³-hybridized carbons (Fsp3) is 0.267. The summed E-state index contributed by atoms with van der Waals surface area (Å²) in [6.45, 7) is 5.08. The third-order valence-electron chi connectivity index (χ3n) is 2.47. The third-order valence-corrected chi connectivity index (χ3v) is 2.47. The second kappa shape index (κ2) is 8.12. The first-order chi connectivity index (χ1) is 8.80. The smallest absolute Gasteiger partial charge is 0.207 e. The number of amides is 1. The van der Waals surface area contributed by atoms with Crippen molar-refractivity contribution in [2.24, 2.45) is 0 Å². The monoisotopic (exact) mass is 245 g/mol. The highest BCUT2D eigenvalue weighted by atomic mass is 16.5. The van der Waals surface area contributed by atoms with Gasteiger partial charge in [0.25, 0.3) is 0 Å². The van der Waals surface area contributed by atoms with Gasteiger partial charge in [0.2, 0.25) is 6.41 Å². The van der Waals surface area contributed by atoms with Crippen molar-refractivity contribution in [3.8, 4) is 5.75 Å². The first kappa shape index (κ1) is 14.0. The van der Waals surface area contributed by atoms with E-state index in [1.165, 1.54) is 0 Å². The second-order valence-electron chi connectivity index (χ2n) is 3.79. The van der Waals surface area contributed by atoms with Gasteiger partial charge in [-0.15, -0.1) is 0 Å². The molecule has 0 atom stereocenters. The zero-order valence-electron chi connectivity index (χ0n) is 10.8. The highest BCUT2D eigenvalue weighted by Crippen LogP contribution is 2.13. The zero-order valence-corrected chi connectivity index (χ0v) is 10.8. The van der Waals surface area contributed by atoms with Crippen LogP contribution >= 0.6 is 0 Å². The molecule has 1 aromatic carbocycles.